The van der Waals surface area contributed by atoms with Crippen LogP contribution in [0.1, 0.15) is 26.2 Å². The molecule has 0 amide bonds. The zero-order chi connectivity index (χ0) is 10.6. The van der Waals surface area contributed by atoms with E-state index < -0.39 is 0 Å². The molecule has 0 aliphatic heterocycles. The molecule has 3 nitrogen and oxygen atoms in total. The molecule has 0 radical (unpaired) electrons. The Morgan fingerprint density at radius 3 is 2.50 bits per heavy atom. The van der Waals surface area contributed by atoms with Crippen LogP contribution < -0.4 is 0 Å². The molecule has 0 unspecified atom stereocenters. The van der Waals surface area contributed by atoms with E-state index in [2.05, 4.69) is 0 Å². The summed E-state index contributed by atoms with van der Waals surface area (Å²) in [6.45, 7) is 2.00. The number of carbonyl (C=O) groups is 2. The van der Waals surface area contributed by atoms with E-state index in [-0.39, 0.29) is 17.1 Å². The Morgan fingerprint density at radius 1 is 1.29 bits per heavy atom. The normalized spacial score (nSPS) is 16.0. The Labute approximate surface area is 82.7 Å². The zero-order valence-corrected chi connectivity index (χ0v) is 8.04. The van der Waals surface area contributed by atoms with Gasteiger partial charge < -0.3 is 0 Å². The minimum absolute atomic E-state index is 0.0194. The van der Waals surface area contributed by atoms with Gasteiger partial charge in [0.1, 0.15) is 11.6 Å². The monoisotopic (exact) mass is 189 g/mol. The first kappa shape index (κ1) is 10.4. The van der Waals surface area contributed by atoms with Crippen LogP contribution in [0, 0.1) is 11.3 Å². The van der Waals surface area contributed by atoms with Crippen molar-refractivity contribution in [2.24, 2.45) is 0 Å². The first-order valence-corrected chi connectivity index (χ1v) is 4.60. The summed E-state index contributed by atoms with van der Waals surface area (Å²) in [7, 11) is 0. The molecule has 0 spiro atoms. The molecule has 0 fully saturated rings. The van der Waals surface area contributed by atoms with Gasteiger partial charge in [0.25, 0.3) is 0 Å². The molecular weight excluding hydrogens is 178 g/mol. The summed E-state index contributed by atoms with van der Waals surface area (Å²) < 4.78 is 0. The molecular formula is C11H11NO2. The highest BCUT2D eigenvalue weighted by Crippen LogP contribution is 2.19. The maximum Gasteiger partial charge on any atom is 0.196 e. The molecule has 0 N–H and O–H groups in total. The topological polar surface area (TPSA) is 57.9 Å². The van der Waals surface area contributed by atoms with Crippen molar-refractivity contribution in [3.63, 3.8) is 0 Å². The van der Waals surface area contributed by atoms with Crippen LogP contribution in [0.25, 0.3) is 0 Å². The van der Waals surface area contributed by atoms with Crippen molar-refractivity contribution in [2.45, 2.75) is 26.2 Å². The molecule has 1 aliphatic rings. The van der Waals surface area contributed by atoms with Crippen LogP contribution in [0.15, 0.2) is 23.3 Å². The fraction of sp³-hybridized carbons (Fsp3) is 0.364. The van der Waals surface area contributed by atoms with E-state index in [0.717, 1.165) is 18.9 Å². The molecule has 0 aromatic rings. The van der Waals surface area contributed by atoms with E-state index in [9.17, 15) is 9.59 Å². The number of carbonyl (C=O) groups excluding carboxylic acids is 2. The summed E-state index contributed by atoms with van der Waals surface area (Å²) in [5, 5.41) is 8.73. The average molecular weight is 189 g/mol. The highest BCUT2D eigenvalue weighted by Gasteiger charge is 2.21. The highest BCUT2D eigenvalue weighted by atomic mass is 16.1. The van der Waals surface area contributed by atoms with E-state index in [4.69, 9.17) is 5.26 Å². The smallest absolute Gasteiger partial charge is 0.196 e. The van der Waals surface area contributed by atoms with Gasteiger partial charge in [0.05, 0.1) is 0 Å². The Hall–Kier alpha value is -1.69. The van der Waals surface area contributed by atoms with Gasteiger partial charge in [0.15, 0.2) is 11.6 Å². The van der Waals surface area contributed by atoms with Gasteiger partial charge in [0.2, 0.25) is 0 Å². The highest BCUT2D eigenvalue weighted by molar-refractivity contribution is 6.21. The second-order valence-corrected chi connectivity index (χ2v) is 3.13. The first-order chi connectivity index (χ1) is 6.70. The lowest BCUT2D eigenvalue weighted by atomic mass is 9.92. The minimum Gasteiger partial charge on any atom is -0.290 e. The number of unbranched alkanes of at least 4 members (excludes halogenated alkanes) is 1. The van der Waals surface area contributed by atoms with Crippen LogP contribution in [0.4, 0.5) is 0 Å². The van der Waals surface area contributed by atoms with Gasteiger partial charge in [-0.1, -0.05) is 13.3 Å². The molecule has 0 atom stereocenters. The molecule has 14 heavy (non-hydrogen) atoms. The van der Waals surface area contributed by atoms with Crippen LogP contribution in [-0.4, -0.2) is 11.6 Å². The van der Waals surface area contributed by atoms with Crippen LogP contribution in [0.5, 0.6) is 0 Å². The summed E-state index contributed by atoms with van der Waals surface area (Å²) >= 11 is 0. The van der Waals surface area contributed by atoms with Crippen molar-refractivity contribution in [1.82, 2.24) is 0 Å². The Balaban J connectivity index is 2.99. The number of nitrogens with zero attached hydrogens (tertiary/aromatic N) is 1. The number of rotatable bonds is 3. The predicted molar refractivity (Wildman–Crippen MR) is 51.3 cm³/mol. The third kappa shape index (κ3) is 1.97. The maximum atomic E-state index is 11.4. The van der Waals surface area contributed by atoms with Gasteiger partial charge in [-0.3, -0.25) is 9.59 Å². The van der Waals surface area contributed by atoms with Gasteiger partial charge >= 0.3 is 0 Å². The van der Waals surface area contributed by atoms with Crippen LogP contribution in [0.3, 0.4) is 0 Å². The van der Waals surface area contributed by atoms with Gasteiger partial charge in [-0.15, -0.1) is 0 Å². The number of hydrogen-bond acceptors (Lipinski definition) is 3. The summed E-state index contributed by atoms with van der Waals surface area (Å²) in [4.78, 5) is 22.6. The van der Waals surface area contributed by atoms with E-state index in [1.807, 2.05) is 6.92 Å². The number of hydrogen-bond donors (Lipinski definition) is 0. The third-order valence-electron chi connectivity index (χ3n) is 2.12. The molecule has 1 rings (SSSR count). The second kappa shape index (κ2) is 4.52. The van der Waals surface area contributed by atoms with Crippen LogP contribution in [-0.2, 0) is 9.59 Å². The summed E-state index contributed by atoms with van der Waals surface area (Å²) in [6, 6.07) is 1.80. The standard InChI is InChI=1S/C11H11NO2/c1-2-3-4-8-9(7-12)11(14)6-5-10(8)13/h5-6H,2-4H2,1H3. The molecule has 0 bridgehead atoms. The molecule has 0 saturated carbocycles. The van der Waals surface area contributed by atoms with Crippen molar-refractivity contribution in [2.75, 3.05) is 0 Å². The Kier molecular flexibility index (Phi) is 3.35. The van der Waals surface area contributed by atoms with Crippen molar-refractivity contribution in [3.8, 4) is 6.07 Å². The predicted octanol–water partition coefficient (Wildman–Crippen LogP) is 1.70. The SMILES string of the molecule is CCCCC1=C(C#N)C(=O)C=CC1=O. The van der Waals surface area contributed by atoms with Crippen molar-refractivity contribution in [3.05, 3.63) is 23.3 Å². The molecule has 1 aliphatic carbocycles. The largest absolute Gasteiger partial charge is 0.290 e. The Bertz CT molecular complexity index is 369. The summed E-state index contributed by atoms with van der Waals surface area (Å²) in [5.41, 5.74) is 0.396. The zero-order valence-electron chi connectivity index (χ0n) is 8.04. The fourth-order valence-corrected chi connectivity index (χ4v) is 1.33. The molecule has 0 saturated heterocycles. The van der Waals surface area contributed by atoms with Crippen molar-refractivity contribution >= 4 is 11.6 Å². The third-order valence-corrected chi connectivity index (χ3v) is 2.12. The number of nitriles is 1. The lowest BCUT2D eigenvalue weighted by Gasteiger charge is -2.08. The fourth-order valence-electron chi connectivity index (χ4n) is 1.33. The molecule has 3 heteroatoms. The van der Waals surface area contributed by atoms with Crippen molar-refractivity contribution < 1.29 is 9.59 Å². The molecule has 0 aromatic carbocycles. The molecule has 72 valence electrons. The lowest BCUT2D eigenvalue weighted by molar-refractivity contribution is -0.115. The maximum absolute atomic E-state index is 11.4. The number of allylic oxidation sites excluding steroid dienone is 4. The second-order valence-electron chi connectivity index (χ2n) is 3.13. The lowest BCUT2D eigenvalue weighted by Crippen LogP contribution is -2.13. The van der Waals surface area contributed by atoms with E-state index in [0.29, 0.717) is 12.0 Å². The quantitative estimate of drug-likeness (QED) is 0.635. The van der Waals surface area contributed by atoms with Gasteiger partial charge in [0, 0.05) is 5.57 Å². The minimum atomic E-state index is -0.349. The summed E-state index contributed by atoms with van der Waals surface area (Å²) in [5.74, 6) is -0.548. The first-order valence-electron chi connectivity index (χ1n) is 4.60. The summed E-state index contributed by atoms with van der Waals surface area (Å²) in [6.07, 6.45) is 4.69. The molecule has 0 aromatic heterocycles. The van der Waals surface area contributed by atoms with E-state index in [1.54, 1.807) is 6.07 Å². The van der Waals surface area contributed by atoms with Gasteiger partial charge in [-0.25, -0.2) is 0 Å². The van der Waals surface area contributed by atoms with Crippen LogP contribution >= 0.6 is 0 Å². The number of ketones is 2. The Morgan fingerprint density at radius 2 is 1.93 bits per heavy atom. The van der Waals surface area contributed by atoms with E-state index >= 15 is 0 Å². The van der Waals surface area contributed by atoms with Crippen molar-refractivity contribution in [1.29, 1.82) is 5.26 Å². The van der Waals surface area contributed by atoms with Gasteiger partial charge in [-0.05, 0) is 25.0 Å². The van der Waals surface area contributed by atoms with E-state index in [1.165, 1.54) is 6.08 Å². The van der Waals surface area contributed by atoms with Crippen LogP contribution in [0.2, 0.25) is 0 Å². The van der Waals surface area contributed by atoms with Gasteiger partial charge in [-0.2, -0.15) is 5.26 Å². The average Bonchev–Trinajstić information content (AvgIpc) is 2.19. The molecule has 0 heterocycles.